The van der Waals surface area contributed by atoms with E-state index in [2.05, 4.69) is 15.4 Å². The van der Waals surface area contributed by atoms with Gasteiger partial charge in [0.1, 0.15) is 18.2 Å². The molecule has 5 atom stereocenters. The number of halogens is 6. The van der Waals surface area contributed by atoms with Crippen LogP contribution in [0, 0.1) is 28.6 Å². The smallest absolute Gasteiger partial charge is 0.364 e. The molecule has 15 heteroatoms. The summed E-state index contributed by atoms with van der Waals surface area (Å²) in [6.07, 6.45) is -10.7. The minimum Gasteiger partial charge on any atom is -0.364 e. The van der Waals surface area contributed by atoms with E-state index in [1.807, 2.05) is 13.8 Å². The summed E-state index contributed by atoms with van der Waals surface area (Å²) in [5, 5.41) is 5.00. The second-order valence-electron chi connectivity index (χ2n) is 12.0. The van der Waals surface area contributed by atoms with Gasteiger partial charge in [0.15, 0.2) is 5.78 Å². The van der Waals surface area contributed by atoms with Crippen molar-refractivity contribution in [3.05, 3.63) is 0 Å². The van der Waals surface area contributed by atoms with Crippen molar-refractivity contribution in [3.63, 3.8) is 0 Å². The SMILES string of the molecule is CC1(C)[C@@H]2[C@@H](C(=O)NC(C[C@@H]3CCNC3=O)C(=O)COC(F)(F)F)N(C(=O)C34CC(C(F)(F)F)(CO3)C4)C[C@@H]21. The molecular formula is C24H29F6N3O6. The van der Waals surface area contributed by atoms with E-state index in [0.717, 1.165) is 0 Å². The highest BCUT2D eigenvalue weighted by Crippen LogP contribution is 2.68. The Balaban J connectivity index is 1.33. The fraction of sp³-hybridized carbons (Fsp3) is 0.833. The lowest BCUT2D eigenvalue weighted by atomic mass is 9.61. The minimum absolute atomic E-state index is 0.0968. The van der Waals surface area contributed by atoms with Gasteiger partial charge in [0.25, 0.3) is 5.91 Å². The molecule has 4 aliphatic heterocycles. The van der Waals surface area contributed by atoms with Crippen molar-refractivity contribution in [1.29, 1.82) is 0 Å². The summed E-state index contributed by atoms with van der Waals surface area (Å²) < 4.78 is 87.3. The molecule has 218 valence electrons. The molecule has 3 amide bonds. The molecule has 39 heavy (non-hydrogen) atoms. The number of fused-ring (bicyclic) bond motifs is 2. The summed E-state index contributed by atoms with van der Waals surface area (Å²) in [6.45, 7) is 2.11. The van der Waals surface area contributed by atoms with E-state index in [0.29, 0.717) is 13.0 Å². The third kappa shape index (κ3) is 4.58. The van der Waals surface area contributed by atoms with E-state index in [4.69, 9.17) is 4.74 Å². The van der Waals surface area contributed by atoms with Crippen molar-refractivity contribution >= 4 is 23.5 Å². The molecule has 2 N–H and O–H groups in total. The average molecular weight is 569 g/mol. The van der Waals surface area contributed by atoms with Gasteiger partial charge >= 0.3 is 12.5 Å². The molecule has 6 rings (SSSR count). The molecule has 0 aromatic rings. The number of amides is 3. The van der Waals surface area contributed by atoms with Crippen molar-refractivity contribution in [2.45, 2.75) is 69.8 Å². The predicted molar refractivity (Wildman–Crippen MR) is 117 cm³/mol. The zero-order valence-electron chi connectivity index (χ0n) is 21.2. The van der Waals surface area contributed by atoms with Crippen molar-refractivity contribution in [3.8, 4) is 0 Å². The van der Waals surface area contributed by atoms with Gasteiger partial charge in [0.2, 0.25) is 11.8 Å². The maximum absolute atomic E-state index is 13.6. The molecule has 2 saturated carbocycles. The second kappa shape index (κ2) is 8.79. The number of rotatable bonds is 8. The summed E-state index contributed by atoms with van der Waals surface area (Å²) in [4.78, 5) is 53.0. The van der Waals surface area contributed by atoms with E-state index in [-0.39, 0.29) is 30.2 Å². The summed E-state index contributed by atoms with van der Waals surface area (Å²) in [5.41, 5.74) is -4.17. The number of nitrogens with zero attached hydrogens (tertiary/aromatic N) is 1. The summed E-state index contributed by atoms with van der Waals surface area (Å²) in [7, 11) is 0. The summed E-state index contributed by atoms with van der Waals surface area (Å²) in [5.74, 6) is -4.30. The Labute approximate surface area is 219 Å². The van der Waals surface area contributed by atoms with Gasteiger partial charge in [-0.3, -0.25) is 23.9 Å². The monoisotopic (exact) mass is 569 g/mol. The van der Waals surface area contributed by atoms with E-state index in [1.54, 1.807) is 0 Å². The maximum Gasteiger partial charge on any atom is 0.522 e. The molecule has 0 aromatic heterocycles. The first-order valence-corrected chi connectivity index (χ1v) is 12.7. The van der Waals surface area contributed by atoms with Crippen molar-refractivity contribution in [1.82, 2.24) is 15.5 Å². The van der Waals surface area contributed by atoms with Gasteiger partial charge in [-0.1, -0.05) is 13.8 Å². The zero-order valence-corrected chi connectivity index (χ0v) is 21.2. The van der Waals surface area contributed by atoms with Crippen LogP contribution in [0.25, 0.3) is 0 Å². The van der Waals surface area contributed by atoms with Crippen LogP contribution >= 0.6 is 0 Å². The molecular weight excluding hydrogens is 540 g/mol. The molecule has 0 aromatic carbocycles. The Bertz CT molecular complexity index is 1090. The third-order valence-corrected chi connectivity index (χ3v) is 9.37. The van der Waals surface area contributed by atoms with Crippen molar-refractivity contribution in [2.24, 2.45) is 28.6 Å². The Morgan fingerprint density at radius 2 is 1.85 bits per heavy atom. The maximum atomic E-state index is 13.6. The number of hydrogen-bond acceptors (Lipinski definition) is 6. The lowest BCUT2D eigenvalue weighted by Crippen LogP contribution is -2.63. The van der Waals surface area contributed by atoms with Crippen LogP contribution in [0.5, 0.6) is 0 Å². The Morgan fingerprint density at radius 1 is 1.18 bits per heavy atom. The Hall–Kier alpha value is -2.42. The van der Waals surface area contributed by atoms with E-state index in [1.165, 1.54) is 4.90 Å². The van der Waals surface area contributed by atoms with Crippen LogP contribution in [0.2, 0.25) is 0 Å². The zero-order chi connectivity index (χ0) is 28.8. The van der Waals surface area contributed by atoms with E-state index >= 15 is 0 Å². The number of ketones is 1. The van der Waals surface area contributed by atoms with Gasteiger partial charge < -0.3 is 20.3 Å². The van der Waals surface area contributed by atoms with Gasteiger partial charge in [-0.15, -0.1) is 13.2 Å². The summed E-state index contributed by atoms with van der Waals surface area (Å²) >= 11 is 0. The van der Waals surface area contributed by atoms with Crippen molar-refractivity contribution < 1.29 is 55.0 Å². The molecule has 0 radical (unpaired) electrons. The third-order valence-electron chi connectivity index (χ3n) is 9.37. The minimum atomic E-state index is -5.09. The van der Waals surface area contributed by atoms with Crippen LogP contribution in [-0.4, -0.2) is 84.9 Å². The highest BCUT2D eigenvalue weighted by atomic mass is 19.4. The molecule has 4 saturated heterocycles. The second-order valence-corrected chi connectivity index (χ2v) is 12.0. The van der Waals surface area contributed by atoms with Gasteiger partial charge in [-0.05, 0) is 30.1 Å². The molecule has 4 heterocycles. The normalized spacial score (nSPS) is 37.1. The lowest BCUT2D eigenvalue weighted by Gasteiger charge is -2.46. The van der Waals surface area contributed by atoms with Gasteiger partial charge in [-0.2, -0.15) is 13.2 Å². The molecule has 0 spiro atoms. The van der Waals surface area contributed by atoms with Gasteiger partial charge in [0, 0.05) is 31.8 Å². The van der Waals surface area contributed by atoms with Crippen LogP contribution in [-0.2, 0) is 28.7 Å². The van der Waals surface area contributed by atoms with Crippen LogP contribution in [0.4, 0.5) is 26.3 Å². The highest BCUT2D eigenvalue weighted by Gasteiger charge is 2.78. The largest absolute Gasteiger partial charge is 0.522 e. The van der Waals surface area contributed by atoms with Crippen LogP contribution in [0.3, 0.4) is 0 Å². The van der Waals surface area contributed by atoms with Gasteiger partial charge in [0.05, 0.1) is 18.1 Å². The topological polar surface area (TPSA) is 114 Å². The standard InChI is InChI=1S/C24H29F6N3O6/c1-20(2)12-6-33(19(37)22-8-21(9-22,10-39-22)23(25,26)27)16(15(12)20)18(36)32-13(5-11-3-4-31-17(11)35)14(34)7-38-24(28,29)30/h11-13,15-16H,3-10H2,1-2H3,(H,31,35)(H,32,36)/t11-,12-,13?,15-,16-,21?,22?/m0/s1. The Kier molecular flexibility index (Phi) is 6.34. The van der Waals surface area contributed by atoms with Crippen molar-refractivity contribution in [2.75, 3.05) is 26.3 Å². The first-order valence-electron chi connectivity index (χ1n) is 12.7. The molecule has 9 nitrogen and oxygen atoms in total. The number of hydrogen-bond donors (Lipinski definition) is 2. The fourth-order valence-electron chi connectivity index (χ4n) is 7.01. The quantitative estimate of drug-likeness (QED) is 0.431. The number of alkyl halides is 6. The molecule has 2 bridgehead atoms. The van der Waals surface area contributed by atoms with Gasteiger partial charge in [-0.25, -0.2) is 0 Å². The van der Waals surface area contributed by atoms with E-state index in [9.17, 15) is 45.5 Å². The van der Waals surface area contributed by atoms with Crippen LogP contribution in [0.1, 0.15) is 39.5 Å². The molecule has 1 unspecified atom stereocenters. The number of carbonyl (C=O) groups excluding carboxylic acids is 4. The number of carbonyl (C=O) groups is 4. The lowest BCUT2D eigenvalue weighted by molar-refractivity contribution is -0.321. The number of likely N-dealkylation sites (tertiary alicyclic amines) is 1. The highest BCUT2D eigenvalue weighted by molar-refractivity contribution is 5.97. The predicted octanol–water partition coefficient (Wildman–Crippen LogP) is 1.70. The summed E-state index contributed by atoms with van der Waals surface area (Å²) in [6, 6.07) is -2.66. The number of piperidine rings is 1. The van der Waals surface area contributed by atoms with Crippen LogP contribution < -0.4 is 10.6 Å². The van der Waals surface area contributed by atoms with Crippen LogP contribution in [0.15, 0.2) is 0 Å². The first-order chi connectivity index (χ1) is 17.9. The molecule has 6 fully saturated rings. The Morgan fingerprint density at radius 3 is 2.38 bits per heavy atom. The van der Waals surface area contributed by atoms with E-state index < -0.39 is 91.1 Å². The molecule has 6 aliphatic rings. The molecule has 2 aliphatic carbocycles. The fourth-order valence-corrected chi connectivity index (χ4v) is 7.01. The average Bonchev–Trinajstić information content (AvgIpc) is 3.40. The number of Topliss-reactive ketones (excluding diaryl/α,β-unsaturated/α-hetero) is 1. The number of nitrogens with one attached hydrogen (secondary N) is 2. The number of ether oxygens (including phenoxy) is 2. The first kappa shape index (κ1) is 28.1.